The van der Waals surface area contributed by atoms with Crippen molar-refractivity contribution < 1.29 is 14.6 Å². The zero-order valence-electron chi connectivity index (χ0n) is 14.3. The molecule has 0 unspecified atom stereocenters. The molecule has 3 N–H and O–H groups in total. The van der Waals surface area contributed by atoms with Gasteiger partial charge in [0.15, 0.2) is 5.69 Å². The second-order valence-electron chi connectivity index (χ2n) is 6.45. The van der Waals surface area contributed by atoms with Crippen molar-refractivity contribution in [1.82, 2.24) is 4.57 Å². The average molecular weight is 474 g/mol. The summed E-state index contributed by atoms with van der Waals surface area (Å²) in [5.41, 5.74) is 5.56. The number of thiocarbonyl (C=S) groups is 1. The highest BCUT2D eigenvalue weighted by Crippen LogP contribution is 2.41. The Morgan fingerprint density at radius 1 is 1.44 bits per heavy atom. The molecule has 2 aromatic rings. The predicted molar refractivity (Wildman–Crippen MR) is 108 cm³/mol. The number of ether oxygens (including phenoxy) is 1. The van der Waals surface area contributed by atoms with Gasteiger partial charge in [0.05, 0.1) is 5.52 Å². The molecule has 0 aliphatic heterocycles. The maximum atomic E-state index is 12.4. The monoisotopic (exact) mass is 474 g/mol. The van der Waals surface area contributed by atoms with E-state index >= 15 is 0 Å². The van der Waals surface area contributed by atoms with Crippen LogP contribution in [0.5, 0.6) is 5.88 Å². The SMILES string of the molecule is C[C@H](C(=O)OC(C)(C)C)n1c(O)c(N=NC(N)=S)c2cc(I)ccc21. The molecule has 7 nitrogen and oxygen atoms in total. The van der Waals surface area contributed by atoms with Crippen LogP contribution in [-0.2, 0) is 9.53 Å². The number of azo groups is 1. The number of hydrogen-bond donors (Lipinski definition) is 2. The van der Waals surface area contributed by atoms with Crippen molar-refractivity contribution in [3.8, 4) is 5.88 Å². The van der Waals surface area contributed by atoms with E-state index in [0.717, 1.165) is 3.57 Å². The van der Waals surface area contributed by atoms with Crippen LogP contribution in [0.4, 0.5) is 5.69 Å². The first-order valence-electron chi connectivity index (χ1n) is 7.47. The van der Waals surface area contributed by atoms with Gasteiger partial charge in [-0.15, -0.1) is 10.2 Å². The van der Waals surface area contributed by atoms with E-state index in [0.29, 0.717) is 10.9 Å². The largest absolute Gasteiger partial charge is 0.493 e. The number of fused-ring (bicyclic) bond motifs is 1. The van der Waals surface area contributed by atoms with Gasteiger partial charge in [0.2, 0.25) is 11.0 Å². The molecule has 1 heterocycles. The molecular formula is C16H19IN4O3S. The minimum absolute atomic E-state index is 0.147. The van der Waals surface area contributed by atoms with E-state index in [9.17, 15) is 9.90 Å². The van der Waals surface area contributed by atoms with Crippen LogP contribution in [0.25, 0.3) is 10.9 Å². The number of hydrogen-bond acceptors (Lipinski definition) is 5. The molecule has 0 spiro atoms. The quantitative estimate of drug-likeness (QED) is 0.301. The Hall–Kier alpha value is -1.75. The normalized spacial score (nSPS) is 13.3. The fraction of sp³-hybridized carbons (Fsp3) is 0.375. The summed E-state index contributed by atoms with van der Waals surface area (Å²) in [5.74, 6) is -0.661. The molecule has 0 aliphatic carbocycles. The van der Waals surface area contributed by atoms with Crippen LogP contribution in [0.1, 0.15) is 33.7 Å². The van der Waals surface area contributed by atoms with Crippen molar-refractivity contribution in [2.24, 2.45) is 16.0 Å². The summed E-state index contributed by atoms with van der Waals surface area (Å²) < 4.78 is 7.83. The summed E-state index contributed by atoms with van der Waals surface area (Å²) in [6.45, 7) is 7.01. The van der Waals surface area contributed by atoms with E-state index < -0.39 is 17.6 Å². The minimum atomic E-state index is -0.754. The molecular weight excluding hydrogens is 455 g/mol. The van der Waals surface area contributed by atoms with E-state index in [1.807, 2.05) is 12.1 Å². The molecule has 0 fully saturated rings. The third kappa shape index (κ3) is 4.46. The van der Waals surface area contributed by atoms with Crippen LogP contribution in [0.3, 0.4) is 0 Å². The minimum Gasteiger partial charge on any atom is -0.493 e. The number of carbonyl (C=O) groups excluding carboxylic acids is 1. The number of aromatic nitrogens is 1. The van der Waals surface area contributed by atoms with Gasteiger partial charge < -0.3 is 15.6 Å². The molecule has 1 aromatic heterocycles. The molecule has 25 heavy (non-hydrogen) atoms. The number of esters is 1. The zero-order valence-corrected chi connectivity index (χ0v) is 17.3. The highest BCUT2D eigenvalue weighted by molar-refractivity contribution is 14.1. The lowest BCUT2D eigenvalue weighted by molar-refractivity contribution is -0.158. The predicted octanol–water partition coefficient (Wildman–Crippen LogP) is 4.18. The van der Waals surface area contributed by atoms with Crippen LogP contribution >= 0.6 is 34.8 Å². The fourth-order valence-corrected chi connectivity index (χ4v) is 2.87. The lowest BCUT2D eigenvalue weighted by atomic mass is 10.2. The van der Waals surface area contributed by atoms with Gasteiger partial charge in [0.1, 0.15) is 11.6 Å². The number of aromatic hydroxyl groups is 1. The van der Waals surface area contributed by atoms with Gasteiger partial charge in [-0.25, -0.2) is 4.79 Å². The van der Waals surface area contributed by atoms with Gasteiger partial charge in [0, 0.05) is 8.96 Å². The molecule has 1 aromatic carbocycles. The van der Waals surface area contributed by atoms with Gasteiger partial charge in [-0.2, -0.15) is 0 Å². The van der Waals surface area contributed by atoms with Crippen LogP contribution in [-0.4, -0.2) is 26.4 Å². The Bertz CT molecular complexity index is 870. The molecule has 0 bridgehead atoms. The molecule has 2 rings (SSSR count). The molecule has 9 heteroatoms. The summed E-state index contributed by atoms with van der Waals surface area (Å²) >= 11 is 6.85. The second kappa shape index (κ2) is 7.24. The Morgan fingerprint density at radius 3 is 2.64 bits per heavy atom. The van der Waals surface area contributed by atoms with E-state index in [1.54, 1.807) is 33.8 Å². The maximum Gasteiger partial charge on any atom is 0.329 e. The van der Waals surface area contributed by atoms with Gasteiger partial charge in [-0.1, -0.05) is 0 Å². The molecule has 1 atom stereocenters. The first-order valence-corrected chi connectivity index (χ1v) is 8.96. The Kier molecular flexibility index (Phi) is 5.67. The van der Waals surface area contributed by atoms with E-state index in [2.05, 4.69) is 32.8 Å². The highest BCUT2D eigenvalue weighted by atomic mass is 127. The number of benzene rings is 1. The number of rotatable bonds is 3. The van der Waals surface area contributed by atoms with E-state index in [4.69, 9.17) is 22.7 Å². The number of nitrogens with two attached hydrogens (primary N) is 1. The second-order valence-corrected chi connectivity index (χ2v) is 8.12. The smallest absolute Gasteiger partial charge is 0.329 e. The van der Waals surface area contributed by atoms with Crippen molar-refractivity contribution in [2.45, 2.75) is 39.3 Å². The van der Waals surface area contributed by atoms with Crippen LogP contribution in [0, 0.1) is 3.57 Å². The van der Waals surface area contributed by atoms with Crippen molar-refractivity contribution in [2.75, 3.05) is 0 Å². The molecule has 0 amide bonds. The van der Waals surface area contributed by atoms with Crippen LogP contribution in [0.15, 0.2) is 28.4 Å². The summed E-state index contributed by atoms with van der Waals surface area (Å²) in [6, 6.07) is 4.75. The Morgan fingerprint density at radius 2 is 2.08 bits per heavy atom. The first kappa shape index (κ1) is 19.6. The molecule has 134 valence electrons. The highest BCUT2D eigenvalue weighted by Gasteiger charge is 2.28. The molecule has 0 saturated carbocycles. The lowest BCUT2D eigenvalue weighted by Gasteiger charge is -2.23. The first-order chi connectivity index (χ1) is 11.5. The number of nitrogens with zero attached hydrogens (tertiary/aromatic N) is 3. The molecule has 0 radical (unpaired) electrons. The third-order valence-corrected chi connectivity index (χ3v) is 4.05. The van der Waals surface area contributed by atoms with Crippen molar-refractivity contribution >= 4 is 62.5 Å². The average Bonchev–Trinajstić information content (AvgIpc) is 2.73. The van der Waals surface area contributed by atoms with Crippen molar-refractivity contribution in [1.29, 1.82) is 0 Å². The van der Waals surface area contributed by atoms with Gasteiger partial charge in [0.25, 0.3) is 0 Å². The fourth-order valence-electron chi connectivity index (χ4n) is 2.34. The summed E-state index contributed by atoms with van der Waals surface area (Å²) in [6.07, 6.45) is 0. The molecule has 0 saturated heterocycles. The van der Waals surface area contributed by atoms with E-state index in [1.165, 1.54) is 4.57 Å². The standard InChI is InChI=1S/C16H19IN4O3S/c1-8(14(23)24-16(2,3)4)21-11-6-5-9(17)7-10(11)12(13(21)22)19-20-15(18)25/h5-8,22H,1-4H3,(H2,18,25)/t8-/m1/s1. The van der Waals surface area contributed by atoms with Crippen LogP contribution in [0.2, 0.25) is 0 Å². The summed E-state index contributed by atoms with van der Waals surface area (Å²) in [4.78, 5) is 12.4. The third-order valence-electron chi connectivity index (χ3n) is 3.30. The topological polar surface area (TPSA) is 102 Å². The Labute approximate surface area is 164 Å². The lowest BCUT2D eigenvalue weighted by Crippen LogP contribution is -2.28. The zero-order chi connectivity index (χ0) is 18.9. The van der Waals surface area contributed by atoms with E-state index in [-0.39, 0.29) is 16.7 Å². The van der Waals surface area contributed by atoms with Gasteiger partial charge in [-0.3, -0.25) is 4.57 Å². The maximum absolute atomic E-state index is 12.4. The van der Waals surface area contributed by atoms with Crippen molar-refractivity contribution in [3.63, 3.8) is 0 Å². The summed E-state index contributed by atoms with van der Waals surface area (Å²) in [7, 11) is 0. The Balaban J connectivity index is 2.62. The van der Waals surface area contributed by atoms with Crippen LogP contribution < -0.4 is 5.73 Å². The summed E-state index contributed by atoms with van der Waals surface area (Å²) in [5, 5.41) is 18.7. The van der Waals surface area contributed by atoms with Crippen molar-refractivity contribution in [3.05, 3.63) is 21.8 Å². The number of carbonyl (C=O) groups is 1. The number of halogens is 1. The van der Waals surface area contributed by atoms with Gasteiger partial charge >= 0.3 is 5.97 Å². The molecule has 0 aliphatic rings. The van der Waals surface area contributed by atoms with Gasteiger partial charge in [-0.05, 0) is 80.7 Å².